The van der Waals surface area contributed by atoms with Gasteiger partial charge in [0, 0.05) is 23.2 Å². The highest BCUT2D eigenvalue weighted by atomic mass is 79.9. The van der Waals surface area contributed by atoms with Gasteiger partial charge in [0.15, 0.2) is 0 Å². The van der Waals surface area contributed by atoms with Crippen LogP contribution in [0.15, 0.2) is 59.1 Å². The van der Waals surface area contributed by atoms with E-state index in [0.717, 1.165) is 15.7 Å². The van der Waals surface area contributed by atoms with Gasteiger partial charge in [0.25, 0.3) is 0 Å². The van der Waals surface area contributed by atoms with Crippen molar-refractivity contribution in [3.8, 4) is 0 Å². The lowest BCUT2D eigenvalue weighted by Gasteiger charge is -2.22. The van der Waals surface area contributed by atoms with E-state index in [0.29, 0.717) is 6.54 Å². The van der Waals surface area contributed by atoms with E-state index in [9.17, 15) is 4.79 Å². The number of benzene rings is 2. The summed E-state index contributed by atoms with van der Waals surface area (Å²) in [5.41, 5.74) is 1.75. The van der Waals surface area contributed by atoms with Crippen LogP contribution in [0, 0.1) is 0 Å². The molecule has 5 heteroatoms. The van der Waals surface area contributed by atoms with E-state index in [-0.39, 0.29) is 19.2 Å². The fraction of sp³-hybridized carbons (Fsp3) is 0.188. The van der Waals surface area contributed by atoms with Gasteiger partial charge in [-0.05, 0) is 29.8 Å². The molecule has 0 atom stereocenters. The molecule has 0 fully saturated rings. The molecule has 4 nitrogen and oxygen atoms in total. The lowest BCUT2D eigenvalue weighted by Crippen LogP contribution is -2.36. The molecule has 0 saturated carbocycles. The highest BCUT2D eigenvalue weighted by molar-refractivity contribution is 9.10. The topological polar surface area (TPSA) is 52.6 Å². The van der Waals surface area contributed by atoms with Crippen LogP contribution in [0.5, 0.6) is 0 Å². The van der Waals surface area contributed by atoms with E-state index in [1.54, 1.807) is 4.90 Å². The van der Waals surface area contributed by atoms with Crippen LogP contribution in [-0.4, -0.2) is 29.2 Å². The van der Waals surface area contributed by atoms with Crippen LogP contribution in [0.4, 0.5) is 10.5 Å². The minimum atomic E-state index is -0.227. The predicted molar refractivity (Wildman–Crippen MR) is 87.1 cm³/mol. The molecule has 21 heavy (non-hydrogen) atoms. The molecular formula is C16H17BrN2O2. The zero-order valence-electron chi connectivity index (χ0n) is 11.5. The fourth-order valence-corrected chi connectivity index (χ4v) is 2.18. The van der Waals surface area contributed by atoms with E-state index < -0.39 is 0 Å². The molecule has 110 valence electrons. The van der Waals surface area contributed by atoms with Gasteiger partial charge in [0.1, 0.15) is 0 Å². The first-order valence-corrected chi connectivity index (χ1v) is 7.44. The number of halogens is 1. The Morgan fingerprint density at radius 3 is 2.38 bits per heavy atom. The van der Waals surface area contributed by atoms with Gasteiger partial charge in [0.2, 0.25) is 0 Å². The molecule has 2 rings (SSSR count). The van der Waals surface area contributed by atoms with Crippen molar-refractivity contribution in [1.82, 2.24) is 4.90 Å². The van der Waals surface area contributed by atoms with Crippen LogP contribution < -0.4 is 5.32 Å². The van der Waals surface area contributed by atoms with Crippen molar-refractivity contribution < 1.29 is 9.90 Å². The van der Waals surface area contributed by atoms with Gasteiger partial charge in [0.05, 0.1) is 6.61 Å². The SMILES string of the molecule is O=C(Nc1ccc(Br)cc1)N(CCO)Cc1ccccc1. The monoisotopic (exact) mass is 348 g/mol. The summed E-state index contributed by atoms with van der Waals surface area (Å²) in [5, 5.41) is 12.0. The van der Waals surface area contributed by atoms with Crippen LogP contribution >= 0.6 is 15.9 Å². The highest BCUT2D eigenvalue weighted by Crippen LogP contribution is 2.15. The van der Waals surface area contributed by atoms with Crippen molar-refractivity contribution in [3.63, 3.8) is 0 Å². The standard InChI is InChI=1S/C16H17BrN2O2/c17-14-6-8-15(9-7-14)18-16(21)19(10-11-20)12-13-4-2-1-3-5-13/h1-9,20H,10-12H2,(H,18,21). The maximum Gasteiger partial charge on any atom is 0.322 e. The number of carbonyl (C=O) groups is 1. The molecule has 0 aliphatic rings. The van der Waals surface area contributed by atoms with Gasteiger partial charge in [-0.2, -0.15) is 0 Å². The molecule has 0 aliphatic heterocycles. The average molecular weight is 349 g/mol. The Hall–Kier alpha value is -1.85. The highest BCUT2D eigenvalue weighted by Gasteiger charge is 2.13. The Labute approximate surface area is 132 Å². The second-order valence-corrected chi connectivity index (χ2v) is 5.48. The Bertz CT molecular complexity index is 573. The number of anilines is 1. The lowest BCUT2D eigenvalue weighted by atomic mass is 10.2. The van der Waals surface area contributed by atoms with Gasteiger partial charge < -0.3 is 15.3 Å². The van der Waals surface area contributed by atoms with E-state index in [4.69, 9.17) is 5.11 Å². The molecule has 0 saturated heterocycles. The molecule has 2 aromatic carbocycles. The van der Waals surface area contributed by atoms with Crippen molar-refractivity contribution in [2.45, 2.75) is 6.54 Å². The number of hydrogen-bond acceptors (Lipinski definition) is 2. The number of rotatable bonds is 5. The summed E-state index contributed by atoms with van der Waals surface area (Å²) in [4.78, 5) is 13.9. The second-order valence-electron chi connectivity index (χ2n) is 4.57. The van der Waals surface area contributed by atoms with Crippen LogP contribution in [0.3, 0.4) is 0 Å². The first kappa shape index (κ1) is 15.5. The third-order valence-corrected chi connectivity index (χ3v) is 3.50. The lowest BCUT2D eigenvalue weighted by molar-refractivity contribution is 0.185. The van der Waals surface area contributed by atoms with Crippen LogP contribution in [0.2, 0.25) is 0 Å². The average Bonchev–Trinajstić information content (AvgIpc) is 2.50. The minimum absolute atomic E-state index is 0.0689. The van der Waals surface area contributed by atoms with Gasteiger partial charge in [-0.25, -0.2) is 4.79 Å². The Balaban J connectivity index is 2.03. The third-order valence-electron chi connectivity index (χ3n) is 2.97. The Morgan fingerprint density at radius 1 is 1.10 bits per heavy atom. The van der Waals surface area contributed by atoms with Gasteiger partial charge >= 0.3 is 6.03 Å². The Kier molecular flexibility index (Phi) is 5.78. The normalized spacial score (nSPS) is 10.2. The van der Waals surface area contributed by atoms with Crippen molar-refractivity contribution >= 4 is 27.6 Å². The predicted octanol–water partition coefficient (Wildman–Crippen LogP) is 3.48. The molecular weight excluding hydrogens is 332 g/mol. The van der Waals surface area contributed by atoms with Crippen molar-refractivity contribution in [2.24, 2.45) is 0 Å². The molecule has 0 radical (unpaired) electrons. The third kappa shape index (κ3) is 4.88. The molecule has 0 spiro atoms. The number of aliphatic hydroxyl groups is 1. The smallest absolute Gasteiger partial charge is 0.322 e. The number of nitrogens with zero attached hydrogens (tertiary/aromatic N) is 1. The van der Waals surface area contributed by atoms with Gasteiger partial charge in [-0.3, -0.25) is 0 Å². The minimum Gasteiger partial charge on any atom is -0.395 e. The largest absolute Gasteiger partial charge is 0.395 e. The number of carbonyl (C=O) groups excluding carboxylic acids is 1. The Morgan fingerprint density at radius 2 is 1.76 bits per heavy atom. The quantitative estimate of drug-likeness (QED) is 0.868. The number of hydrogen-bond donors (Lipinski definition) is 2. The summed E-state index contributed by atoms with van der Waals surface area (Å²) in [6, 6.07) is 16.8. The molecule has 0 aliphatic carbocycles. The molecule has 0 bridgehead atoms. The van der Waals surface area contributed by atoms with Gasteiger partial charge in [-0.15, -0.1) is 0 Å². The molecule has 0 aromatic heterocycles. The molecule has 2 amide bonds. The van der Waals surface area contributed by atoms with Crippen LogP contribution in [0.1, 0.15) is 5.56 Å². The van der Waals surface area contributed by atoms with E-state index >= 15 is 0 Å². The van der Waals surface area contributed by atoms with E-state index in [2.05, 4.69) is 21.2 Å². The summed E-state index contributed by atoms with van der Waals surface area (Å²) < 4.78 is 0.956. The first-order chi connectivity index (χ1) is 10.2. The number of amides is 2. The van der Waals surface area contributed by atoms with Crippen molar-refractivity contribution in [1.29, 1.82) is 0 Å². The van der Waals surface area contributed by atoms with Crippen LogP contribution in [-0.2, 0) is 6.54 Å². The second kappa shape index (κ2) is 7.81. The number of urea groups is 1. The van der Waals surface area contributed by atoms with Crippen molar-refractivity contribution in [2.75, 3.05) is 18.5 Å². The maximum absolute atomic E-state index is 12.3. The van der Waals surface area contributed by atoms with Crippen molar-refractivity contribution in [3.05, 3.63) is 64.6 Å². The van der Waals surface area contributed by atoms with E-state index in [1.165, 1.54) is 0 Å². The molecule has 2 aromatic rings. The summed E-state index contributed by atoms with van der Waals surface area (Å²) in [6.07, 6.45) is 0. The zero-order chi connectivity index (χ0) is 15.1. The first-order valence-electron chi connectivity index (χ1n) is 6.65. The summed E-state index contributed by atoms with van der Waals surface area (Å²) in [5.74, 6) is 0. The van der Waals surface area contributed by atoms with Gasteiger partial charge in [-0.1, -0.05) is 46.3 Å². The fourth-order valence-electron chi connectivity index (χ4n) is 1.91. The van der Waals surface area contributed by atoms with E-state index in [1.807, 2.05) is 54.6 Å². The molecule has 0 heterocycles. The summed E-state index contributed by atoms with van der Waals surface area (Å²) in [7, 11) is 0. The molecule has 2 N–H and O–H groups in total. The number of aliphatic hydroxyl groups excluding tert-OH is 1. The molecule has 0 unspecified atom stereocenters. The summed E-state index contributed by atoms with van der Waals surface area (Å²) >= 11 is 3.35. The number of nitrogens with one attached hydrogen (secondary N) is 1. The maximum atomic E-state index is 12.3. The summed E-state index contributed by atoms with van der Waals surface area (Å²) in [6.45, 7) is 0.682. The van der Waals surface area contributed by atoms with Crippen LogP contribution in [0.25, 0.3) is 0 Å². The zero-order valence-corrected chi connectivity index (χ0v) is 13.1.